The molecule has 0 amide bonds. The van der Waals surface area contributed by atoms with Crippen molar-refractivity contribution in [2.45, 2.75) is 57.4 Å². The number of hydrogen-bond acceptors (Lipinski definition) is 3. The van der Waals surface area contributed by atoms with E-state index in [0.717, 1.165) is 58.2 Å². The molecule has 0 aromatic rings. The lowest BCUT2D eigenvalue weighted by Gasteiger charge is -2.37. The van der Waals surface area contributed by atoms with E-state index >= 15 is 0 Å². The smallest absolute Gasteiger partial charge is 0.214 e. The van der Waals surface area contributed by atoms with Crippen LogP contribution in [0.2, 0.25) is 0 Å². The van der Waals surface area contributed by atoms with E-state index in [1.807, 2.05) is 4.31 Å². The zero-order valence-electron chi connectivity index (χ0n) is 12.4. The number of nitrogens with one attached hydrogen (secondary N) is 1. The molecule has 2 saturated heterocycles. The molecule has 5 heteroatoms. The third kappa shape index (κ3) is 3.55. The second kappa shape index (κ2) is 6.32. The van der Waals surface area contributed by atoms with Gasteiger partial charge in [0.2, 0.25) is 10.0 Å². The van der Waals surface area contributed by atoms with Gasteiger partial charge in [-0.25, -0.2) is 8.42 Å². The van der Waals surface area contributed by atoms with Gasteiger partial charge in [-0.3, -0.25) is 0 Å². The Labute approximate surface area is 123 Å². The average molecular weight is 300 g/mol. The summed E-state index contributed by atoms with van der Waals surface area (Å²) in [4.78, 5) is 0. The van der Waals surface area contributed by atoms with Crippen LogP contribution in [0.15, 0.2) is 0 Å². The van der Waals surface area contributed by atoms with E-state index in [-0.39, 0.29) is 6.04 Å². The summed E-state index contributed by atoms with van der Waals surface area (Å²) in [6, 6.07) is 0.281. The SMILES string of the molecule is O=S(=O)(CC1CC1)N1CCCCCC1C1CCNCC1. The summed E-state index contributed by atoms with van der Waals surface area (Å²) in [7, 11) is -3.03. The molecular weight excluding hydrogens is 272 g/mol. The molecule has 2 aliphatic heterocycles. The summed E-state index contributed by atoms with van der Waals surface area (Å²) in [5, 5.41) is 3.40. The Balaban J connectivity index is 1.75. The van der Waals surface area contributed by atoms with Crippen molar-refractivity contribution < 1.29 is 8.42 Å². The second-order valence-electron chi connectivity index (χ2n) is 6.84. The van der Waals surface area contributed by atoms with Crippen molar-refractivity contribution in [2.75, 3.05) is 25.4 Å². The van der Waals surface area contributed by atoms with E-state index in [1.165, 1.54) is 12.8 Å². The van der Waals surface area contributed by atoms with Crippen molar-refractivity contribution in [3.8, 4) is 0 Å². The van der Waals surface area contributed by atoms with Crippen LogP contribution in [0.1, 0.15) is 51.4 Å². The molecule has 0 aromatic heterocycles. The first kappa shape index (κ1) is 14.8. The molecule has 3 fully saturated rings. The molecule has 2 heterocycles. The maximum atomic E-state index is 12.8. The van der Waals surface area contributed by atoms with Crippen molar-refractivity contribution in [1.82, 2.24) is 9.62 Å². The molecule has 20 heavy (non-hydrogen) atoms. The van der Waals surface area contributed by atoms with Crippen molar-refractivity contribution in [3.05, 3.63) is 0 Å². The molecule has 1 unspecified atom stereocenters. The highest BCUT2D eigenvalue weighted by atomic mass is 32.2. The summed E-state index contributed by atoms with van der Waals surface area (Å²) in [5.41, 5.74) is 0. The summed E-state index contributed by atoms with van der Waals surface area (Å²) in [6.45, 7) is 2.87. The van der Waals surface area contributed by atoms with Crippen LogP contribution in [0.25, 0.3) is 0 Å². The predicted molar refractivity (Wildman–Crippen MR) is 81.1 cm³/mol. The van der Waals surface area contributed by atoms with Crippen LogP contribution in [-0.4, -0.2) is 44.2 Å². The number of nitrogens with zero attached hydrogens (tertiary/aromatic N) is 1. The summed E-state index contributed by atoms with van der Waals surface area (Å²) < 4.78 is 27.4. The standard InChI is InChI=1S/C15H28N2O2S/c18-20(19,12-13-5-6-13)17-11-3-1-2-4-15(17)14-7-9-16-10-8-14/h13-16H,1-12H2. The van der Waals surface area contributed by atoms with E-state index in [1.54, 1.807) is 0 Å². The lowest BCUT2D eigenvalue weighted by atomic mass is 9.88. The van der Waals surface area contributed by atoms with Gasteiger partial charge in [-0.05, 0) is 63.5 Å². The van der Waals surface area contributed by atoms with Crippen molar-refractivity contribution in [3.63, 3.8) is 0 Å². The molecule has 0 radical (unpaired) electrons. The number of piperidine rings is 1. The molecule has 4 nitrogen and oxygen atoms in total. The molecule has 1 N–H and O–H groups in total. The molecular formula is C15H28N2O2S. The fourth-order valence-electron chi connectivity index (χ4n) is 3.83. The van der Waals surface area contributed by atoms with Gasteiger partial charge in [0.05, 0.1) is 5.75 Å². The van der Waals surface area contributed by atoms with E-state index in [4.69, 9.17) is 0 Å². The number of sulfonamides is 1. The molecule has 1 aliphatic carbocycles. The third-order valence-electron chi connectivity index (χ3n) is 5.18. The molecule has 0 aromatic carbocycles. The Morgan fingerprint density at radius 1 is 0.950 bits per heavy atom. The highest BCUT2D eigenvalue weighted by molar-refractivity contribution is 7.89. The van der Waals surface area contributed by atoms with Crippen LogP contribution in [0.4, 0.5) is 0 Å². The average Bonchev–Trinajstić information content (AvgIpc) is 3.25. The first-order valence-electron chi connectivity index (χ1n) is 8.37. The Bertz CT molecular complexity index is 414. The van der Waals surface area contributed by atoms with Gasteiger partial charge in [0.25, 0.3) is 0 Å². The highest BCUT2D eigenvalue weighted by Crippen LogP contribution is 2.35. The fraction of sp³-hybridized carbons (Fsp3) is 1.00. The van der Waals surface area contributed by atoms with E-state index in [0.29, 0.717) is 17.6 Å². The minimum atomic E-state index is -3.03. The molecule has 3 rings (SSSR count). The van der Waals surface area contributed by atoms with Crippen molar-refractivity contribution in [1.29, 1.82) is 0 Å². The predicted octanol–water partition coefficient (Wildman–Crippen LogP) is 1.97. The van der Waals surface area contributed by atoms with Gasteiger partial charge >= 0.3 is 0 Å². The molecule has 116 valence electrons. The van der Waals surface area contributed by atoms with Crippen LogP contribution in [0.3, 0.4) is 0 Å². The molecule has 0 spiro atoms. The van der Waals surface area contributed by atoms with Gasteiger partial charge in [-0.2, -0.15) is 4.31 Å². The maximum Gasteiger partial charge on any atom is 0.214 e. The van der Waals surface area contributed by atoms with Gasteiger partial charge in [0.15, 0.2) is 0 Å². The summed E-state index contributed by atoms with van der Waals surface area (Å²) >= 11 is 0. The third-order valence-corrected chi connectivity index (χ3v) is 7.24. The van der Waals surface area contributed by atoms with E-state index in [2.05, 4.69) is 5.32 Å². The van der Waals surface area contributed by atoms with E-state index < -0.39 is 10.0 Å². The monoisotopic (exact) mass is 300 g/mol. The molecule has 3 aliphatic rings. The largest absolute Gasteiger partial charge is 0.317 e. The zero-order chi connectivity index (χ0) is 14.0. The minimum Gasteiger partial charge on any atom is -0.317 e. The van der Waals surface area contributed by atoms with Gasteiger partial charge in [-0.15, -0.1) is 0 Å². The summed E-state index contributed by atoms with van der Waals surface area (Å²) in [6.07, 6.45) is 9.03. The second-order valence-corrected chi connectivity index (χ2v) is 8.80. The molecule has 1 atom stereocenters. The minimum absolute atomic E-state index is 0.281. The Morgan fingerprint density at radius 3 is 2.40 bits per heavy atom. The Kier molecular flexibility index (Phi) is 4.68. The normalized spacial score (nSPS) is 31.1. The lowest BCUT2D eigenvalue weighted by Crippen LogP contribution is -2.48. The van der Waals surface area contributed by atoms with Gasteiger partial charge in [-0.1, -0.05) is 12.8 Å². The Morgan fingerprint density at radius 2 is 1.70 bits per heavy atom. The molecule has 0 bridgehead atoms. The van der Waals surface area contributed by atoms with Gasteiger partial charge in [0, 0.05) is 12.6 Å². The van der Waals surface area contributed by atoms with Crippen molar-refractivity contribution >= 4 is 10.0 Å². The Hall–Kier alpha value is -0.130. The van der Waals surface area contributed by atoms with Crippen LogP contribution in [0, 0.1) is 11.8 Å². The van der Waals surface area contributed by atoms with Gasteiger partial charge < -0.3 is 5.32 Å². The van der Waals surface area contributed by atoms with Crippen molar-refractivity contribution in [2.24, 2.45) is 11.8 Å². The zero-order valence-corrected chi connectivity index (χ0v) is 13.2. The highest BCUT2D eigenvalue weighted by Gasteiger charge is 2.39. The quantitative estimate of drug-likeness (QED) is 0.863. The molecule has 1 saturated carbocycles. The first-order chi connectivity index (χ1) is 9.67. The topological polar surface area (TPSA) is 49.4 Å². The summed E-state index contributed by atoms with van der Waals surface area (Å²) in [5.74, 6) is 1.44. The fourth-order valence-corrected chi connectivity index (χ4v) is 6.05. The van der Waals surface area contributed by atoms with E-state index in [9.17, 15) is 8.42 Å². The van der Waals surface area contributed by atoms with Crippen LogP contribution < -0.4 is 5.32 Å². The maximum absolute atomic E-state index is 12.8. The van der Waals surface area contributed by atoms with Crippen LogP contribution in [0.5, 0.6) is 0 Å². The first-order valence-corrected chi connectivity index (χ1v) is 9.98. The number of rotatable bonds is 4. The van der Waals surface area contributed by atoms with Gasteiger partial charge in [0.1, 0.15) is 0 Å². The lowest BCUT2D eigenvalue weighted by molar-refractivity contribution is 0.197. The van der Waals surface area contributed by atoms with Crippen LogP contribution >= 0.6 is 0 Å². The van der Waals surface area contributed by atoms with Crippen LogP contribution in [-0.2, 0) is 10.0 Å². The number of hydrogen-bond donors (Lipinski definition) is 1.